The molecular weight excluding hydrogens is 342 g/mol. The first-order valence-corrected chi connectivity index (χ1v) is 8.75. The lowest BCUT2D eigenvalue weighted by Crippen LogP contribution is -2.44. The average molecular weight is 358 g/mol. The summed E-state index contributed by atoms with van der Waals surface area (Å²) >= 11 is 8.64. The van der Waals surface area contributed by atoms with E-state index in [1.165, 1.54) is 22.7 Å². The number of rotatable bonds is 5. The highest BCUT2D eigenvalue weighted by molar-refractivity contribution is 7.24. The quantitative estimate of drug-likeness (QED) is 0.863. The van der Waals surface area contributed by atoms with Gasteiger partial charge in [0.05, 0.1) is 14.9 Å². The number of aryl methyl sites for hydroxylation is 1. The van der Waals surface area contributed by atoms with Crippen LogP contribution in [0.15, 0.2) is 12.1 Å². The Hall–Kier alpha value is -1.44. The predicted octanol–water partition coefficient (Wildman–Crippen LogP) is 3.09. The number of amides is 2. The Morgan fingerprint density at radius 1 is 1.36 bits per heavy atom. The van der Waals surface area contributed by atoms with Crippen LogP contribution >= 0.6 is 34.3 Å². The van der Waals surface area contributed by atoms with Gasteiger partial charge >= 0.3 is 0 Å². The molecule has 0 spiro atoms. The van der Waals surface area contributed by atoms with E-state index in [9.17, 15) is 9.59 Å². The number of thiazole rings is 1. The van der Waals surface area contributed by atoms with Crippen LogP contribution in [0.1, 0.15) is 29.2 Å². The van der Waals surface area contributed by atoms with Crippen LogP contribution in [0.5, 0.6) is 0 Å². The molecule has 2 aromatic heterocycles. The van der Waals surface area contributed by atoms with Gasteiger partial charge < -0.3 is 10.6 Å². The molecule has 1 unspecified atom stereocenters. The zero-order chi connectivity index (χ0) is 16.3. The first-order valence-electron chi connectivity index (χ1n) is 6.74. The summed E-state index contributed by atoms with van der Waals surface area (Å²) in [5.74, 6) is -0.495. The van der Waals surface area contributed by atoms with E-state index in [-0.39, 0.29) is 11.8 Å². The molecule has 0 saturated carbocycles. The van der Waals surface area contributed by atoms with Crippen LogP contribution in [-0.4, -0.2) is 29.4 Å². The van der Waals surface area contributed by atoms with Crippen molar-refractivity contribution >= 4 is 46.1 Å². The zero-order valence-electron chi connectivity index (χ0n) is 12.4. The molecule has 0 radical (unpaired) electrons. The number of halogens is 1. The maximum atomic E-state index is 12.3. The Balaban J connectivity index is 2.14. The second-order valence-corrected chi connectivity index (χ2v) is 7.34. The Bertz CT molecular complexity index is 696. The first-order chi connectivity index (χ1) is 10.4. The Labute approximate surface area is 141 Å². The highest BCUT2D eigenvalue weighted by atomic mass is 35.5. The Morgan fingerprint density at radius 3 is 2.68 bits per heavy atom. The molecule has 0 saturated heterocycles. The van der Waals surface area contributed by atoms with Gasteiger partial charge in [-0.1, -0.05) is 11.6 Å². The van der Waals surface area contributed by atoms with Gasteiger partial charge in [-0.25, -0.2) is 4.98 Å². The van der Waals surface area contributed by atoms with E-state index in [1.54, 1.807) is 19.9 Å². The molecule has 0 fully saturated rings. The molecule has 2 heterocycles. The standard InChI is InChI=1S/C14H16ClN3O2S2/c1-4-16-12(19)8(3)17-13(20)11-7(2)18-14(22-11)9-5-6-10(15)21-9/h5-6,8H,4H2,1-3H3,(H,16,19)(H,17,20). The lowest BCUT2D eigenvalue weighted by atomic mass is 10.3. The van der Waals surface area contributed by atoms with E-state index >= 15 is 0 Å². The molecule has 0 aliphatic rings. The predicted molar refractivity (Wildman–Crippen MR) is 90.8 cm³/mol. The summed E-state index contributed by atoms with van der Waals surface area (Å²) in [6, 6.07) is 3.09. The molecule has 0 bridgehead atoms. The molecule has 22 heavy (non-hydrogen) atoms. The number of carbonyl (C=O) groups is 2. The van der Waals surface area contributed by atoms with Crippen LogP contribution in [0.2, 0.25) is 4.34 Å². The fourth-order valence-corrected chi connectivity index (χ4v) is 3.86. The lowest BCUT2D eigenvalue weighted by Gasteiger charge is -2.12. The van der Waals surface area contributed by atoms with Crippen LogP contribution in [-0.2, 0) is 4.79 Å². The SMILES string of the molecule is CCNC(=O)C(C)NC(=O)c1sc(-c2ccc(Cl)s2)nc1C. The average Bonchev–Trinajstić information content (AvgIpc) is 3.05. The largest absolute Gasteiger partial charge is 0.355 e. The van der Waals surface area contributed by atoms with Crippen molar-refractivity contribution in [2.45, 2.75) is 26.8 Å². The van der Waals surface area contributed by atoms with Crippen molar-refractivity contribution < 1.29 is 9.59 Å². The van der Waals surface area contributed by atoms with Crippen molar-refractivity contribution in [2.24, 2.45) is 0 Å². The molecule has 2 aromatic rings. The minimum atomic E-state index is -0.589. The van der Waals surface area contributed by atoms with Crippen molar-refractivity contribution in [3.8, 4) is 9.88 Å². The second kappa shape index (κ2) is 7.21. The lowest BCUT2D eigenvalue weighted by molar-refractivity contribution is -0.122. The fourth-order valence-electron chi connectivity index (χ4n) is 1.80. The van der Waals surface area contributed by atoms with Crippen molar-refractivity contribution in [3.05, 3.63) is 27.0 Å². The van der Waals surface area contributed by atoms with Crippen molar-refractivity contribution in [1.29, 1.82) is 0 Å². The Morgan fingerprint density at radius 2 is 2.09 bits per heavy atom. The van der Waals surface area contributed by atoms with Crippen LogP contribution in [0.4, 0.5) is 0 Å². The zero-order valence-corrected chi connectivity index (χ0v) is 14.8. The number of hydrogen-bond donors (Lipinski definition) is 2. The minimum Gasteiger partial charge on any atom is -0.355 e. The Kier molecular flexibility index (Phi) is 5.55. The van der Waals surface area contributed by atoms with Crippen molar-refractivity contribution in [2.75, 3.05) is 6.54 Å². The third-order valence-corrected chi connectivity index (χ3v) is 5.44. The number of nitrogens with one attached hydrogen (secondary N) is 2. The molecule has 0 aromatic carbocycles. The molecule has 2 rings (SSSR count). The van der Waals surface area contributed by atoms with Crippen molar-refractivity contribution in [1.82, 2.24) is 15.6 Å². The summed E-state index contributed by atoms with van der Waals surface area (Å²) in [4.78, 5) is 29.8. The van der Waals surface area contributed by atoms with Gasteiger partial charge in [-0.2, -0.15) is 0 Å². The molecule has 5 nitrogen and oxygen atoms in total. The van der Waals surface area contributed by atoms with Gasteiger partial charge in [-0.05, 0) is 32.9 Å². The first kappa shape index (κ1) is 16.9. The molecule has 0 aliphatic carbocycles. The van der Waals surface area contributed by atoms with E-state index in [0.29, 0.717) is 21.5 Å². The summed E-state index contributed by atoms with van der Waals surface area (Å²) in [5, 5.41) is 6.11. The maximum absolute atomic E-state index is 12.3. The van der Waals surface area contributed by atoms with Crippen LogP contribution in [0.25, 0.3) is 9.88 Å². The van der Waals surface area contributed by atoms with Gasteiger partial charge in [0.25, 0.3) is 5.91 Å². The van der Waals surface area contributed by atoms with Gasteiger partial charge in [0.15, 0.2) is 0 Å². The summed E-state index contributed by atoms with van der Waals surface area (Å²) in [6.07, 6.45) is 0. The van der Waals surface area contributed by atoms with Crippen LogP contribution < -0.4 is 10.6 Å². The van der Waals surface area contributed by atoms with E-state index < -0.39 is 6.04 Å². The van der Waals surface area contributed by atoms with Gasteiger partial charge in [-0.15, -0.1) is 22.7 Å². The smallest absolute Gasteiger partial charge is 0.263 e. The van der Waals surface area contributed by atoms with E-state index in [1.807, 2.05) is 13.0 Å². The minimum absolute atomic E-state index is 0.205. The number of nitrogens with zero attached hydrogens (tertiary/aromatic N) is 1. The maximum Gasteiger partial charge on any atom is 0.263 e. The summed E-state index contributed by atoms with van der Waals surface area (Å²) in [7, 11) is 0. The molecule has 8 heteroatoms. The highest BCUT2D eigenvalue weighted by Gasteiger charge is 2.21. The molecule has 1 atom stereocenters. The van der Waals surface area contributed by atoms with Gasteiger partial charge in [0, 0.05) is 6.54 Å². The number of likely N-dealkylation sites (N-methyl/N-ethyl adjacent to an activating group) is 1. The third kappa shape index (κ3) is 3.85. The molecular formula is C14H16ClN3O2S2. The highest BCUT2D eigenvalue weighted by Crippen LogP contribution is 2.34. The van der Waals surface area contributed by atoms with Gasteiger partial charge in [0.1, 0.15) is 15.9 Å². The van der Waals surface area contributed by atoms with Gasteiger partial charge in [-0.3, -0.25) is 9.59 Å². The van der Waals surface area contributed by atoms with E-state index in [4.69, 9.17) is 11.6 Å². The van der Waals surface area contributed by atoms with Crippen LogP contribution in [0, 0.1) is 6.92 Å². The molecule has 118 valence electrons. The second-order valence-electron chi connectivity index (χ2n) is 4.63. The number of thiophene rings is 1. The number of hydrogen-bond acceptors (Lipinski definition) is 5. The van der Waals surface area contributed by atoms with Crippen molar-refractivity contribution in [3.63, 3.8) is 0 Å². The van der Waals surface area contributed by atoms with E-state index in [0.717, 1.165) is 9.88 Å². The number of aromatic nitrogens is 1. The molecule has 2 amide bonds. The fraction of sp³-hybridized carbons (Fsp3) is 0.357. The number of carbonyl (C=O) groups excluding carboxylic acids is 2. The summed E-state index contributed by atoms with van der Waals surface area (Å²) in [5.41, 5.74) is 0.644. The van der Waals surface area contributed by atoms with E-state index in [2.05, 4.69) is 15.6 Å². The monoisotopic (exact) mass is 357 g/mol. The normalized spacial score (nSPS) is 12.0. The summed E-state index contributed by atoms with van der Waals surface area (Å²) in [6.45, 7) is 5.79. The topological polar surface area (TPSA) is 71.1 Å². The molecule has 0 aliphatic heterocycles. The third-order valence-electron chi connectivity index (χ3n) is 2.88. The summed E-state index contributed by atoms with van der Waals surface area (Å²) < 4.78 is 0.679. The molecule has 2 N–H and O–H groups in total. The van der Waals surface area contributed by atoms with Gasteiger partial charge in [0.2, 0.25) is 5.91 Å². The van der Waals surface area contributed by atoms with Crippen LogP contribution in [0.3, 0.4) is 0 Å².